The molecule has 1 aromatic carbocycles. The summed E-state index contributed by atoms with van der Waals surface area (Å²) in [5, 5.41) is 3.22. The van der Waals surface area contributed by atoms with Gasteiger partial charge in [0.1, 0.15) is 5.69 Å². The van der Waals surface area contributed by atoms with Crippen LogP contribution in [-0.2, 0) is 6.54 Å². The minimum atomic E-state index is -0.0781. The number of carbonyl (C=O) groups excluding carboxylic acids is 1. The molecule has 110 valence electrons. The third-order valence-electron chi connectivity index (χ3n) is 3.87. The summed E-state index contributed by atoms with van der Waals surface area (Å²) in [6.07, 6.45) is 2.90. The normalized spacial score (nSPS) is 13.5. The van der Waals surface area contributed by atoms with Gasteiger partial charge in [-0.25, -0.2) is 4.98 Å². The van der Waals surface area contributed by atoms with E-state index in [-0.39, 0.29) is 5.91 Å². The van der Waals surface area contributed by atoms with E-state index in [1.54, 1.807) is 11.9 Å². The molecule has 1 amide bonds. The maximum absolute atomic E-state index is 12.6. The number of anilines is 2. The number of benzene rings is 1. The highest BCUT2D eigenvalue weighted by molar-refractivity contribution is 6.05. The SMILES string of the molecule is Cc1ccc(N(C)C(=O)c2cn3c(n2)NCCC3)c(C)c1. The summed E-state index contributed by atoms with van der Waals surface area (Å²) in [6, 6.07) is 6.08. The van der Waals surface area contributed by atoms with Crippen molar-refractivity contribution in [3.8, 4) is 0 Å². The Labute approximate surface area is 124 Å². The topological polar surface area (TPSA) is 50.2 Å². The van der Waals surface area contributed by atoms with Crippen molar-refractivity contribution in [1.29, 1.82) is 0 Å². The third kappa shape index (κ3) is 2.51. The highest BCUT2D eigenvalue weighted by atomic mass is 16.2. The number of fused-ring (bicyclic) bond motifs is 1. The maximum Gasteiger partial charge on any atom is 0.278 e. The van der Waals surface area contributed by atoms with Crippen LogP contribution in [0.2, 0.25) is 0 Å². The van der Waals surface area contributed by atoms with Gasteiger partial charge in [0.25, 0.3) is 5.91 Å². The molecule has 0 unspecified atom stereocenters. The molecular weight excluding hydrogens is 264 g/mol. The first-order valence-electron chi connectivity index (χ1n) is 7.22. The number of hydrogen-bond donors (Lipinski definition) is 1. The van der Waals surface area contributed by atoms with Gasteiger partial charge in [0.2, 0.25) is 5.95 Å². The summed E-state index contributed by atoms with van der Waals surface area (Å²) in [5.41, 5.74) is 3.69. The molecule has 0 saturated carbocycles. The number of rotatable bonds is 2. The summed E-state index contributed by atoms with van der Waals surface area (Å²) in [6.45, 7) is 5.90. The Morgan fingerprint density at radius 3 is 2.90 bits per heavy atom. The smallest absolute Gasteiger partial charge is 0.278 e. The Balaban J connectivity index is 1.88. The molecule has 2 aromatic rings. The molecule has 0 atom stereocenters. The van der Waals surface area contributed by atoms with Crippen molar-refractivity contribution < 1.29 is 4.79 Å². The Morgan fingerprint density at radius 1 is 1.38 bits per heavy atom. The molecule has 0 bridgehead atoms. The second kappa shape index (κ2) is 5.24. The van der Waals surface area contributed by atoms with E-state index >= 15 is 0 Å². The summed E-state index contributed by atoms with van der Waals surface area (Å²) in [7, 11) is 1.80. The van der Waals surface area contributed by atoms with E-state index < -0.39 is 0 Å². The van der Waals surface area contributed by atoms with E-state index in [4.69, 9.17) is 0 Å². The maximum atomic E-state index is 12.6. The number of nitrogens with zero attached hydrogens (tertiary/aromatic N) is 3. The molecule has 0 spiro atoms. The predicted octanol–water partition coefficient (Wildman–Crippen LogP) is 2.59. The zero-order chi connectivity index (χ0) is 15.0. The molecule has 1 aliphatic heterocycles. The van der Waals surface area contributed by atoms with Crippen molar-refractivity contribution in [3.05, 3.63) is 41.2 Å². The Hall–Kier alpha value is -2.30. The second-order valence-corrected chi connectivity index (χ2v) is 5.58. The number of hydrogen-bond acceptors (Lipinski definition) is 3. The average molecular weight is 284 g/mol. The van der Waals surface area contributed by atoms with Crippen molar-refractivity contribution in [3.63, 3.8) is 0 Å². The molecule has 21 heavy (non-hydrogen) atoms. The van der Waals surface area contributed by atoms with Gasteiger partial charge >= 0.3 is 0 Å². The highest BCUT2D eigenvalue weighted by Gasteiger charge is 2.21. The van der Waals surface area contributed by atoms with Crippen molar-refractivity contribution in [2.75, 3.05) is 23.8 Å². The lowest BCUT2D eigenvalue weighted by Crippen LogP contribution is -2.27. The minimum Gasteiger partial charge on any atom is -0.356 e. The Morgan fingerprint density at radius 2 is 2.19 bits per heavy atom. The third-order valence-corrected chi connectivity index (χ3v) is 3.87. The van der Waals surface area contributed by atoms with Crippen molar-refractivity contribution in [2.45, 2.75) is 26.8 Å². The van der Waals surface area contributed by atoms with E-state index in [2.05, 4.69) is 16.4 Å². The first-order valence-corrected chi connectivity index (χ1v) is 7.22. The monoisotopic (exact) mass is 284 g/mol. The van der Waals surface area contributed by atoms with Gasteiger partial charge in [-0.2, -0.15) is 0 Å². The second-order valence-electron chi connectivity index (χ2n) is 5.58. The highest BCUT2D eigenvalue weighted by Crippen LogP contribution is 2.22. The molecule has 1 aliphatic rings. The fraction of sp³-hybridized carbons (Fsp3) is 0.375. The van der Waals surface area contributed by atoms with Crippen LogP contribution in [0.1, 0.15) is 28.0 Å². The van der Waals surface area contributed by atoms with Gasteiger partial charge in [0, 0.05) is 32.0 Å². The van der Waals surface area contributed by atoms with E-state index in [9.17, 15) is 4.79 Å². The van der Waals surface area contributed by atoms with E-state index in [0.29, 0.717) is 5.69 Å². The lowest BCUT2D eigenvalue weighted by molar-refractivity contribution is 0.0988. The zero-order valence-corrected chi connectivity index (χ0v) is 12.7. The molecule has 1 aromatic heterocycles. The lowest BCUT2D eigenvalue weighted by atomic mass is 10.1. The standard InChI is InChI=1S/C16H20N4O/c1-11-5-6-14(12(2)9-11)19(3)15(21)13-10-20-8-4-7-17-16(20)18-13/h5-6,9-10H,4,7-8H2,1-3H3,(H,17,18). The van der Waals surface area contributed by atoms with Crippen LogP contribution >= 0.6 is 0 Å². The average Bonchev–Trinajstić information content (AvgIpc) is 2.89. The number of imidazole rings is 1. The number of aryl methyl sites for hydroxylation is 3. The first kappa shape index (κ1) is 13.7. The lowest BCUT2D eigenvalue weighted by Gasteiger charge is -2.18. The number of nitrogens with one attached hydrogen (secondary N) is 1. The molecule has 1 N–H and O–H groups in total. The van der Waals surface area contributed by atoms with Crippen molar-refractivity contribution >= 4 is 17.5 Å². The fourth-order valence-corrected chi connectivity index (χ4v) is 2.74. The molecule has 0 aliphatic carbocycles. The van der Waals surface area contributed by atoms with Gasteiger partial charge in [0.15, 0.2) is 0 Å². The van der Waals surface area contributed by atoms with E-state index in [1.165, 1.54) is 5.56 Å². The van der Waals surface area contributed by atoms with Crippen LogP contribution < -0.4 is 10.2 Å². The largest absolute Gasteiger partial charge is 0.356 e. The van der Waals surface area contributed by atoms with Crippen LogP contribution in [0.25, 0.3) is 0 Å². The van der Waals surface area contributed by atoms with Crippen LogP contribution in [0.5, 0.6) is 0 Å². The molecular formula is C16H20N4O. The summed E-state index contributed by atoms with van der Waals surface area (Å²) < 4.78 is 2.01. The zero-order valence-electron chi connectivity index (χ0n) is 12.7. The predicted molar refractivity (Wildman–Crippen MR) is 84.0 cm³/mol. The van der Waals surface area contributed by atoms with Crippen LogP contribution in [0, 0.1) is 13.8 Å². The molecule has 0 radical (unpaired) electrons. The number of carbonyl (C=O) groups is 1. The van der Waals surface area contributed by atoms with E-state index in [0.717, 1.165) is 36.7 Å². The number of amides is 1. The molecule has 2 heterocycles. The Kier molecular flexibility index (Phi) is 3.41. The molecule has 5 nitrogen and oxygen atoms in total. The Bertz CT molecular complexity index is 666. The quantitative estimate of drug-likeness (QED) is 0.922. The first-order chi connectivity index (χ1) is 10.1. The molecule has 0 saturated heterocycles. The summed E-state index contributed by atoms with van der Waals surface area (Å²) in [5.74, 6) is 0.712. The van der Waals surface area contributed by atoms with Gasteiger partial charge in [0.05, 0.1) is 0 Å². The van der Waals surface area contributed by atoms with Gasteiger partial charge in [-0.1, -0.05) is 17.7 Å². The van der Waals surface area contributed by atoms with Crippen LogP contribution in [-0.4, -0.2) is 29.1 Å². The molecule has 3 rings (SSSR count). The minimum absolute atomic E-state index is 0.0781. The summed E-state index contributed by atoms with van der Waals surface area (Å²) >= 11 is 0. The van der Waals surface area contributed by atoms with Gasteiger partial charge < -0.3 is 14.8 Å². The summed E-state index contributed by atoms with van der Waals surface area (Å²) in [4.78, 5) is 18.7. The van der Waals surface area contributed by atoms with Crippen molar-refractivity contribution in [2.24, 2.45) is 0 Å². The van der Waals surface area contributed by atoms with Crippen molar-refractivity contribution in [1.82, 2.24) is 9.55 Å². The van der Waals surface area contributed by atoms with E-state index in [1.807, 2.05) is 36.7 Å². The van der Waals surface area contributed by atoms with Gasteiger partial charge in [-0.15, -0.1) is 0 Å². The molecule has 0 fully saturated rings. The molecule has 5 heteroatoms. The number of aromatic nitrogens is 2. The van der Waals surface area contributed by atoms with Gasteiger partial charge in [-0.05, 0) is 31.9 Å². The van der Waals surface area contributed by atoms with Crippen LogP contribution in [0.15, 0.2) is 24.4 Å². The van der Waals surface area contributed by atoms with Crippen LogP contribution in [0.3, 0.4) is 0 Å². The fourth-order valence-electron chi connectivity index (χ4n) is 2.74. The van der Waals surface area contributed by atoms with Crippen LogP contribution in [0.4, 0.5) is 11.6 Å². The van der Waals surface area contributed by atoms with Gasteiger partial charge in [-0.3, -0.25) is 4.79 Å².